The highest BCUT2D eigenvalue weighted by molar-refractivity contribution is 6.08. The van der Waals surface area contributed by atoms with Crippen LogP contribution in [0.5, 0.6) is 0 Å². The summed E-state index contributed by atoms with van der Waals surface area (Å²) in [7, 11) is 1.66. The molecule has 0 aliphatic heterocycles. The number of allylic oxidation sites excluding steroid dienone is 2. The zero-order chi connectivity index (χ0) is 20.2. The lowest BCUT2D eigenvalue weighted by molar-refractivity contribution is 0.0953. The van der Waals surface area contributed by atoms with Gasteiger partial charge in [0.05, 0.1) is 11.3 Å². The number of nitrogens with zero attached hydrogens (tertiary/aromatic N) is 4. The number of aromatic nitrogens is 2. The molecule has 0 fully saturated rings. The summed E-state index contributed by atoms with van der Waals surface area (Å²) in [6.45, 7) is 4.70. The number of rotatable bonds is 8. The number of nitrogens with one attached hydrogen (secondary N) is 2. The number of pyridine rings is 2. The highest BCUT2D eigenvalue weighted by Gasteiger charge is 2.09. The minimum atomic E-state index is -0.135. The van der Waals surface area contributed by atoms with Gasteiger partial charge in [0.1, 0.15) is 11.4 Å². The zero-order valence-electron chi connectivity index (χ0n) is 16.5. The highest BCUT2D eigenvalue weighted by atomic mass is 16.1. The second-order valence-corrected chi connectivity index (χ2v) is 5.89. The van der Waals surface area contributed by atoms with Crippen LogP contribution in [0, 0.1) is 0 Å². The van der Waals surface area contributed by atoms with E-state index < -0.39 is 0 Å². The Bertz CT molecular complexity index is 841. The van der Waals surface area contributed by atoms with Gasteiger partial charge in [-0.15, -0.1) is 0 Å². The van der Waals surface area contributed by atoms with Crippen LogP contribution in [0.3, 0.4) is 0 Å². The third-order valence-electron chi connectivity index (χ3n) is 3.75. The smallest absolute Gasteiger partial charge is 0.252 e. The Balaban J connectivity index is 2.17. The molecule has 2 N–H and O–H groups in total. The minimum absolute atomic E-state index is 0.135. The molecule has 7 nitrogen and oxygen atoms in total. The predicted molar refractivity (Wildman–Crippen MR) is 113 cm³/mol. The number of amides is 1. The van der Waals surface area contributed by atoms with Crippen LogP contribution >= 0.6 is 0 Å². The van der Waals surface area contributed by atoms with E-state index in [9.17, 15) is 4.79 Å². The molecule has 2 aromatic rings. The van der Waals surface area contributed by atoms with Crippen molar-refractivity contribution in [2.75, 3.05) is 13.6 Å². The summed E-state index contributed by atoms with van der Waals surface area (Å²) in [5.74, 6) is 0.364. The molecular weight excluding hydrogens is 352 g/mol. The number of hydrogen-bond donors (Lipinski definition) is 2. The molecule has 0 saturated carbocycles. The molecule has 2 heterocycles. The van der Waals surface area contributed by atoms with Crippen molar-refractivity contribution in [2.24, 2.45) is 10.1 Å². The van der Waals surface area contributed by atoms with Gasteiger partial charge in [0.25, 0.3) is 5.91 Å². The first-order valence-electron chi connectivity index (χ1n) is 9.32. The molecule has 0 bridgehead atoms. The lowest BCUT2D eigenvalue weighted by atomic mass is 10.2. The average Bonchev–Trinajstić information content (AvgIpc) is 2.75. The Kier molecular flexibility index (Phi) is 8.52. The van der Waals surface area contributed by atoms with Crippen molar-refractivity contribution < 1.29 is 4.79 Å². The predicted octanol–water partition coefficient (Wildman–Crippen LogP) is 2.95. The largest absolute Gasteiger partial charge is 0.352 e. The van der Waals surface area contributed by atoms with Gasteiger partial charge in [-0.1, -0.05) is 26.0 Å². The zero-order valence-corrected chi connectivity index (χ0v) is 16.5. The molecule has 0 atom stereocenters. The van der Waals surface area contributed by atoms with Crippen molar-refractivity contribution in [3.63, 3.8) is 0 Å². The maximum atomic E-state index is 12.0. The molecule has 1 amide bonds. The van der Waals surface area contributed by atoms with E-state index in [1.165, 1.54) is 6.20 Å². The van der Waals surface area contributed by atoms with Crippen molar-refractivity contribution >= 4 is 17.5 Å². The molecule has 0 spiro atoms. The summed E-state index contributed by atoms with van der Waals surface area (Å²) in [6.07, 6.45) is 8.97. The van der Waals surface area contributed by atoms with Gasteiger partial charge in [-0.2, -0.15) is 5.10 Å². The lowest BCUT2D eigenvalue weighted by Crippen LogP contribution is -2.25. The summed E-state index contributed by atoms with van der Waals surface area (Å²) >= 11 is 0. The van der Waals surface area contributed by atoms with Gasteiger partial charge in [0.15, 0.2) is 5.84 Å². The van der Waals surface area contributed by atoms with E-state index in [0.717, 1.165) is 18.5 Å². The van der Waals surface area contributed by atoms with Crippen LogP contribution in [0.1, 0.15) is 48.4 Å². The molecule has 0 saturated heterocycles. The molecule has 146 valence electrons. The van der Waals surface area contributed by atoms with Gasteiger partial charge in [-0.3, -0.25) is 25.2 Å². The third kappa shape index (κ3) is 6.12. The topological polar surface area (TPSA) is 91.6 Å². The molecule has 0 aliphatic rings. The molecule has 7 heteroatoms. The maximum absolute atomic E-state index is 12.0. The summed E-state index contributed by atoms with van der Waals surface area (Å²) in [5.41, 5.74) is 5.51. The first-order chi connectivity index (χ1) is 13.7. The Morgan fingerprint density at radius 2 is 2.00 bits per heavy atom. The third-order valence-corrected chi connectivity index (χ3v) is 3.75. The molecule has 0 aliphatic carbocycles. The van der Waals surface area contributed by atoms with E-state index in [-0.39, 0.29) is 5.91 Å². The molecule has 2 aromatic heterocycles. The quantitative estimate of drug-likeness (QED) is 0.420. The van der Waals surface area contributed by atoms with Crippen LogP contribution in [0.4, 0.5) is 0 Å². The first-order valence-corrected chi connectivity index (χ1v) is 9.32. The molecule has 28 heavy (non-hydrogen) atoms. The van der Waals surface area contributed by atoms with Crippen LogP contribution < -0.4 is 10.7 Å². The van der Waals surface area contributed by atoms with Crippen molar-refractivity contribution in [3.8, 4) is 0 Å². The van der Waals surface area contributed by atoms with Gasteiger partial charge in [0, 0.05) is 26.0 Å². The highest BCUT2D eigenvalue weighted by Crippen LogP contribution is 2.03. The Morgan fingerprint density at radius 3 is 2.61 bits per heavy atom. The second kappa shape index (κ2) is 11.4. The van der Waals surface area contributed by atoms with E-state index >= 15 is 0 Å². The van der Waals surface area contributed by atoms with E-state index in [1.54, 1.807) is 25.4 Å². The van der Waals surface area contributed by atoms with Gasteiger partial charge in [0.2, 0.25) is 0 Å². The van der Waals surface area contributed by atoms with Gasteiger partial charge in [-0.05, 0) is 43.2 Å². The van der Waals surface area contributed by atoms with Crippen molar-refractivity contribution in [1.82, 2.24) is 20.7 Å². The molecular formula is C21H26N6O. The van der Waals surface area contributed by atoms with Gasteiger partial charge in [-0.25, -0.2) is 0 Å². The van der Waals surface area contributed by atoms with Gasteiger partial charge >= 0.3 is 0 Å². The van der Waals surface area contributed by atoms with E-state index in [0.29, 0.717) is 29.3 Å². The van der Waals surface area contributed by atoms with Crippen LogP contribution in [-0.4, -0.2) is 41.0 Å². The van der Waals surface area contributed by atoms with Crippen molar-refractivity contribution in [3.05, 3.63) is 71.8 Å². The lowest BCUT2D eigenvalue weighted by Gasteiger charge is -2.08. The summed E-state index contributed by atoms with van der Waals surface area (Å²) in [6, 6.07) is 9.13. The second-order valence-electron chi connectivity index (χ2n) is 5.89. The van der Waals surface area contributed by atoms with Crippen LogP contribution in [0.2, 0.25) is 0 Å². The first kappa shape index (κ1) is 21.0. The van der Waals surface area contributed by atoms with E-state index in [2.05, 4.69) is 37.7 Å². The number of aliphatic imine (C=N–C) groups is 1. The molecule has 0 aromatic carbocycles. The molecule has 0 unspecified atom stereocenters. The Hall–Kier alpha value is -3.35. The summed E-state index contributed by atoms with van der Waals surface area (Å²) < 4.78 is 0. The normalized spacial score (nSPS) is 12.2. The number of hydrogen-bond acceptors (Lipinski definition) is 5. The Morgan fingerprint density at radius 1 is 1.14 bits per heavy atom. The molecule has 0 radical (unpaired) electrons. The molecule has 2 rings (SSSR count). The standard InChI is InChI=1S/C21H26N6O/c1-4-6-9-18(17-10-7-8-14-23-17)26-27-20(22-3)19-12-11-16(15-25-19)21(28)24-13-5-2/h6-12,14-15H,4-5,13H2,1-3H3,(H,22,27)(H,24,28)/b9-6+,26-18-. The monoisotopic (exact) mass is 378 g/mol. The van der Waals surface area contributed by atoms with Crippen LogP contribution in [-0.2, 0) is 0 Å². The van der Waals surface area contributed by atoms with Crippen LogP contribution in [0.15, 0.2) is 65.0 Å². The summed E-state index contributed by atoms with van der Waals surface area (Å²) in [4.78, 5) is 24.9. The number of carbonyl (C=O) groups is 1. The fourth-order valence-electron chi connectivity index (χ4n) is 2.27. The van der Waals surface area contributed by atoms with Gasteiger partial charge < -0.3 is 5.32 Å². The Labute approximate surface area is 165 Å². The minimum Gasteiger partial charge on any atom is -0.352 e. The fraction of sp³-hybridized carbons (Fsp3) is 0.286. The SMILES string of the molecule is CC/C=C/C(=N/NC(=NC)c1ccc(C(=O)NCCC)cn1)c1ccccn1. The number of amidine groups is 1. The van der Waals surface area contributed by atoms with E-state index in [4.69, 9.17) is 0 Å². The van der Waals surface area contributed by atoms with Crippen molar-refractivity contribution in [2.45, 2.75) is 26.7 Å². The fourth-order valence-corrected chi connectivity index (χ4v) is 2.27. The van der Waals surface area contributed by atoms with Crippen molar-refractivity contribution in [1.29, 1.82) is 0 Å². The average molecular weight is 378 g/mol. The van der Waals surface area contributed by atoms with Crippen LogP contribution in [0.25, 0.3) is 0 Å². The summed E-state index contributed by atoms with van der Waals surface area (Å²) in [5, 5.41) is 7.27. The van der Waals surface area contributed by atoms with E-state index in [1.807, 2.05) is 37.3 Å². The number of carbonyl (C=O) groups excluding carboxylic acids is 1. The maximum Gasteiger partial charge on any atom is 0.252 e. The number of hydrazone groups is 1.